The minimum absolute atomic E-state index is 0.250. The number of hydrogen-bond acceptors (Lipinski definition) is 3. The number of rotatable bonds is 4. The second kappa shape index (κ2) is 11.4. The molecule has 1 aliphatic rings. The molecule has 0 bridgehead atoms. The Balaban J connectivity index is 0.000000968. The van der Waals surface area contributed by atoms with Gasteiger partial charge >= 0.3 is 6.18 Å². The second-order valence-electron chi connectivity index (χ2n) is 7.60. The molecule has 0 saturated carbocycles. The highest BCUT2D eigenvalue weighted by Crippen LogP contribution is 2.32. The zero-order chi connectivity index (χ0) is 23.7. The van der Waals surface area contributed by atoms with E-state index in [4.69, 9.17) is 19.4 Å². The second-order valence-corrected chi connectivity index (χ2v) is 7.60. The summed E-state index contributed by atoms with van der Waals surface area (Å²) in [6, 6.07) is 18.8. The predicted molar refractivity (Wildman–Crippen MR) is 119 cm³/mol. The van der Waals surface area contributed by atoms with E-state index in [1.54, 1.807) is 0 Å². The van der Waals surface area contributed by atoms with Gasteiger partial charge in [-0.25, -0.2) is 0 Å². The molecule has 1 N–H and O–H groups in total. The van der Waals surface area contributed by atoms with Crippen molar-refractivity contribution in [3.05, 3.63) is 83.4 Å². The number of aryl methyl sites for hydroxylation is 1. The Bertz CT molecular complexity index is 1050. The van der Waals surface area contributed by atoms with Crippen LogP contribution in [0.2, 0.25) is 0 Å². The summed E-state index contributed by atoms with van der Waals surface area (Å²) in [5, 5.41) is 6.89. The van der Waals surface area contributed by atoms with Crippen molar-refractivity contribution in [2.24, 2.45) is 0 Å². The Kier molecular flexibility index (Phi) is 8.35. The molecule has 0 amide bonds. The minimum atomic E-state index is -4.33. The first-order valence-corrected chi connectivity index (χ1v) is 10.6. The maximum absolute atomic E-state index is 12.8. The molecule has 7 heteroatoms. The third-order valence-corrected chi connectivity index (χ3v) is 5.26. The van der Waals surface area contributed by atoms with Crippen LogP contribution in [-0.2, 0) is 24.0 Å². The van der Waals surface area contributed by atoms with Crippen LogP contribution in [0.3, 0.4) is 0 Å². The Morgan fingerprint density at radius 2 is 1.70 bits per heavy atom. The fraction of sp³-hybridized carbons (Fsp3) is 0.269. The molecule has 0 saturated heterocycles. The number of fused-ring (bicyclic) bond motifs is 1. The van der Waals surface area contributed by atoms with Crippen molar-refractivity contribution in [2.75, 3.05) is 6.61 Å². The van der Waals surface area contributed by atoms with Crippen LogP contribution in [0.15, 0.2) is 66.7 Å². The fourth-order valence-electron chi connectivity index (χ4n) is 3.60. The van der Waals surface area contributed by atoms with Gasteiger partial charge in [-0.2, -0.15) is 13.2 Å². The van der Waals surface area contributed by atoms with Crippen LogP contribution >= 0.6 is 0 Å². The standard InChI is InChI=1S/C25H23F3O2.CH2O2/c26-25(27,28)22-11-8-19(9-12-22)21-7-4-5-18(15-21)17-30-23-13-10-20-6-2-1-3-14-29-24(20)16-23;2-1-3/h4-5,7-13,15-16H,1-3,6,14,17H2;1H,(H,2,3). The third kappa shape index (κ3) is 7.00. The Morgan fingerprint density at radius 3 is 2.42 bits per heavy atom. The number of ether oxygens (including phenoxy) is 2. The number of alkyl halides is 3. The predicted octanol–water partition coefficient (Wildman–Crippen LogP) is 6.76. The SMILES string of the molecule is FC(F)(F)c1ccc(-c2cccc(COc3ccc4c(c3)OCCCCC4)c2)cc1.O=CO. The summed E-state index contributed by atoms with van der Waals surface area (Å²) < 4.78 is 50.1. The highest BCUT2D eigenvalue weighted by atomic mass is 19.4. The molecule has 0 atom stereocenters. The van der Waals surface area contributed by atoms with Gasteiger partial charge in [0.2, 0.25) is 0 Å². The maximum Gasteiger partial charge on any atom is 0.416 e. The topological polar surface area (TPSA) is 55.8 Å². The Morgan fingerprint density at radius 1 is 0.939 bits per heavy atom. The van der Waals surface area contributed by atoms with E-state index in [2.05, 4.69) is 6.07 Å². The van der Waals surface area contributed by atoms with Gasteiger partial charge in [-0.3, -0.25) is 4.79 Å². The summed E-state index contributed by atoms with van der Waals surface area (Å²) in [6.45, 7) is 0.846. The van der Waals surface area contributed by atoms with Crippen molar-refractivity contribution in [1.29, 1.82) is 0 Å². The van der Waals surface area contributed by atoms with Gasteiger partial charge in [0.25, 0.3) is 6.47 Å². The number of carbonyl (C=O) groups is 1. The summed E-state index contributed by atoms with van der Waals surface area (Å²) in [4.78, 5) is 8.36. The number of halogens is 3. The van der Waals surface area contributed by atoms with E-state index in [9.17, 15) is 13.2 Å². The van der Waals surface area contributed by atoms with E-state index >= 15 is 0 Å². The van der Waals surface area contributed by atoms with Crippen molar-refractivity contribution in [3.8, 4) is 22.6 Å². The van der Waals surface area contributed by atoms with E-state index in [1.165, 1.54) is 30.5 Å². The van der Waals surface area contributed by atoms with Crippen molar-refractivity contribution in [2.45, 2.75) is 38.5 Å². The van der Waals surface area contributed by atoms with Gasteiger partial charge in [-0.15, -0.1) is 0 Å². The van der Waals surface area contributed by atoms with Crippen LogP contribution in [0, 0.1) is 0 Å². The van der Waals surface area contributed by atoms with Gasteiger partial charge in [0, 0.05) is 6.07 Å². The van der Waals surface area contributed by atoms with Crippen molar-refractivity contribution >= 4 is 6.47 Å². The molecule has 3 aromatic rings. The van der Waals surface area contributed by atoms with E-state index in [0.717, 1.165) is 59.8 Å². The van der Waals surface area contributed by atoms with Crippen LogP contribution in [0.1, 0.15) is 36.0 Å². The number of benzene rings is 3. The fourth-order valence-corrected chi connectivity index (χ4v) is 3.60. The molecule has 0 aromatic heterocycles. The van der Waals surface area contributed by atoms with Gasteiger partial charge in [-0.05, 0) is 72.2 Å². The van der Waals surface area contributed by atoms with E-state index in [1.807, 2.05) is 36.4 Å². The number of hydrogen-bond donors (Lipinski definition) is 1. The lowest BCUT2D eigenvalue weighted by atomic mass is 10.0. The van der Waals surface area contributed by atoms with Crippen LogP contribution in [-0.4, -0.2) is 18.2 Å². The normalized spacial score (nSPS) is 13.3. The molecule has 174 valence electrons. The molecular weight excluding hydrogens is 433 g/mol. The van der Waals surface area contributed by atoms with Crippen molar-refractivity contribution < 1.29 is 32.5 Å². The molecule has 0 spiro atoms. The summed E-state index contributed by atoms with van der Waals surface area (Å²) in [5.74, 6) is 1.64. The first kappa shape index (κ1) is 24.2. The minimum Gasteiger partial charge on any atom is -0.493 e. The maximum atomic E-state index is 12.8. The molecule has 33 heavy (non-hydrogen) atoms. The van der Waals surface area contributed by atoms with Crippen molar-refractivity contribution in [1.82, 2.24) is 0 Å². The summed E-state index contributed by atoms with van der Waals surface area (Å²) >= 11 is 0. The van der Waals surface area contributed by atoms with Crippen LogP contribution in [0.5, 0.6) is 11.5 Å². The quantitative estimate of drug-likeness (QED) is 0.439. The summed E-state index contributed by atoms with van der Waals surface area (Å²) in [7, 11) is 0. The lowest BCUT2D eigenvalue weighted by Gasteiger charge is -2.16. The van der Waals surface area contributed by atoms with E-state index in [-0.39, 0.29) is 6.47 Å². The monoisotopic (exact) mass is 458 g/mol. The molecule has 0 radical (unpaired) electrons. The van der Waals surface area contributed by atoms with E-state index < -0.39 is 11.7 Å². The summed E-state index contributed by atoms with van der Waals surface area (Å²) in [5.41, 5.74) is 3.10. The Labute approximate surface area is 190 Å². The van der Waals surface area contributed by atoms with E-state index in [0.29, 0.717) is 6.61 Å². The molecule has 3 aromatic carbocycles. The largest absolute Gasteiger partial charge is 0.493 e. The lowest BCUT2D eigenvalue weighted by molar-refractivity contribution is -0.137. The summed E-state index contributed by atoms with van der Waals surface area (Å²) in [6.07, 6.45) is 0.122. The molecule has 4 rings (SSSR count). The molecule has 4 nitrogen and oxygen atoms in total. The molecule has 1 aliphatic heterocycles. The van der Waals surface area contributed by atoms with Crippen LogP contribution < -0.4 is 9.47 Å². The zero-order valence-corrected chi connectivity index (χ0v) is 18.0. The van der Waals surface area contributed by atoms with Gasteiger partial charge in [-0.1, -0.05) is 36.4 Å². The first-order chi connectivity index (χ1) is 15.9. The van der Waals surface area contributed by atoms with Crippen molar-refractivity contribution in [3.63, 3.8) is 0 Å². The van der Waals surface area contributed by atoms with Gasteiger partial charge < -0.3 is 14.6 Å². The third-order valence-electron chi connectivity index (χ3n) is 5.26. The average Bonchev–Trinajstić information content (AvgIpc) is 2.79. The zero-order valence-electron chi connectivity index (χ0n) is 18.0. The highest BCUT2D eigenvalue weighted by Gasteiger charge is 2.29. The van der Waals surface area contributed by atoms with Gasteiger partial charge in [0.1, 0.15) is 18.1 Å². The van der Waals surface area contributed by atoms with Crippen LogP contribution in [0.25, 0.3) is 11.1 Å². The molecular formula is C26H25F3O4. The highest BCUT2D eigenvalue weighted by molar-refractivity contribution is 5.64. The Hall–Kier alpha value is -3.48. The smallest absolute Gasteiger partial charge is 0.416 e. The molecule has 1 heterocycles. The lowest BCUT2D eigenvalue weighted by Crippen LogP contribution is -2.05. The average molecular weight is 458 g/mol. The molecule has 0 unspecified atom stereocenters. The first-order valence-electron chi connectivity index (χ1n) is 10.6. The van der Waals surface area contributed by atoms with Gasteiger partial charge in [0.15, 0.2) is 0 Å². The van der Waals surface area contributed by atoms with Gasteiger partial charge in [0.05, 0.1) is 12.2 Å². The van der Waals surface area contributed by atoms with Crippen LogP contribution in [0.4, 0.5) is 13.2 Å². The number of carboxylic acid groups (broad SMARTS) is 1. The molecule has 0 fully saturated rings. The molecule has 0 aliphatic carbocycles.